The maximum Gasteiger partial charge on any atom is 0.408 e. The average Bonchev–Trinajstić information content (AvgIpc) is 3.08. The van der Waals surface area contributed by atoms with Crippen molar-refractivity contribution in [3.8, 4) is 17.2 Å². The maximum atomic E-state index is 11.8. The molecule has 0 saturated carbocycles. The lowest BCUT2D eigenvalue weighted by Gasteiger charge is -2.21. The molecular weight excluding hydrogens is 340 g/mol. The van der Waals surface area contributed by atoms with Gasteiger partial charge in [0.05, 0.1) is 6.07 Å². The predicted molar refractivity (Wildman–Crippen MR) is 103 cm³/mol. The molecule has 6 nitrogen and oxygen atoms in total. The van der Waals surface area contributed by atoms with Crippen LogP contribution in [0.5, 0.6) is 0 Å². The number of benzene rings is 1. The standard InChI is InChI=1S/C21H22N4O2/c1-21(2,3)27-20(26)24-18(14-22)12-15-4-6-16(7-5-15)17-8-10-25-11-9-23-19(25)13-17/h4-11,13,18H,12H2,1-3H3,(H,24,26). The van der Waals surface area contributed by atoms with E-state index in [9.17, 15) is 10.1 Å². The van der Waals surface area contributed by atoms with Gasteiger partial charge in [-0.05, 0) is 49.6 Å². The van der Waals surface area contributed by atoms with Crippen molar-refractivity contribution in [2.75, 3.05) is 0 Å². The molecule has 0 fully saturated rings. The molecule has 2 aromatic heterocycles. The lowest BCUT2D eigenvalue weighted by Crippen LogP contribution is -2.39. The van der Waals surface area contributed by atoms with Crippen molar-refractivity contribution in [1.82, 2.24) is 14.7 Å². The number of alkyl carbamates (subject to hydrolysis) is 1. The van der Waals surface area contributed by atoms with Crippen LogP contribution in [-0.2, 0) is 11.2 Å². The Hall–Kier alpha value is -3.33. The van der Waals surface area contributed by atoms with E-state index in [1.54, 1.807) is 27.0 Å². The van der Waals surface area contributed by atoms with Crippen molar-refractivity contribution in [2.24, 2.45) is 0 Å². The topological polar surface area (TPSA) is 79.4 Å². The Kier molecular flexibility index (Phi) is 5.13. The van der Waals surface area contributed by atoms with Gasteiger partial charge in [0.2, 0.25) is 0 Å². The second-order valence-electron chi connectivity index (χ2n) is 7.34. The third-order valence-electron chi connectivity index (χ3n) is 3.97. The van der Waals surface area contributed by atoms with Gasteiger partial charge in [0.15, 0.2) is 0 Å². The number of imidazole rings is 1. The fraction of sp³-hybridized carbons (Fsp3) is 0.286. The van der Waals surface area contributed by atoms with Crippen LogP contribution in [0.4, 0.5) is 4.79 Å². The number of amides is 1. The highest BCUT2D eigenvalue weighted by atomic mass is 16.6. The molecule has 138 valence electrons. The first kappa shape index (κ1) is 18.5. The molecule has 0 aliphatic heterocycles. The highest BCUT2D eigenvalue weighted by Crippen LogP contribution is 2.21. The first-order chi connectivity index (χ1) is 12.8. The summed E-state index contributed by atoms with van der Waals surface area (Å²) in [4.78, 5) is 16.2. The van der Waals surface area contributed by atoms with E-state index in [-0.39, 0.29) is 0 Å². The number of aromatic nitrogens is 2. The smallest absolute Gasteiger partial charge is 0.408 e. The van der Waals surface area contributed by atoms with Gasteiger partial charge in [-0.15, -0.1) is 0 Å². The van der Waals surface area contributed by atoms with E-state index in [0.717, 1.165) is 22.3 Å². The summed E-state index contributed by atoms with van der Waals surface area (Å²) < 4.78 is 7.16. The van der Waals surface area contributed by atoms with E-state index in [2.05, 4.69) is 16.4 Å². The molecule has 1 aromatic carbocycles. The highest BCUT2D eigenvalue weighted by Gasteiger charge is 2.19. The molecule has 3 rings (SSSR count). The Morgan fingerprint density at radius 2 is 1.96 bits per heavy atom. The summed E-state index contributed by atoms with van der Waals surface area (Å²) in [5.74, 6) is 0. The monoisotopic (exact) mass is 362 g/mol. The maximum absolute atomic E-state index is 11.8. The fourth-order valence-electron chi connectivity index (χ4n) is 2.74. The van der Waals surface area contributed by atoms with E-state index in [0.29, 0.717) is 6.42 Å². The number of nitrogens with one attached hydrogen (secondary N) is 1. The molecule has 0 aliphatic rings. The molecule has 0 saturated heterocycles. The Labute approximate surface area is 158 Å². The van der Waals surface area contributed by atoms with Crippen LogP contribution in [-0.4, -0.2) is 27.1 Å². The number of nitriles is 1. The highest BCUT2D eigenvalue weighted by molar-refractivity contribution is 5.69. The number of hydrogen-bond acceptors (Lipinski definition) is 4. The van der Waals surface area contributed by atoms with Crippen LogP contribution in [0.1, 0.15) is 26.3 Å². The zero-order valence-corrected chi connectivity index (χ0v) is 15.6. The lowest BCUT2D eigenvalue weighted by molar-refractivity contribution is 0.0516. The molecule has 0 aliphatic carbocycles. The van der Waals surface area contributed by atoms with Gasteiger partial charge in [-0.1, -0.05) is 24.3 Å². The predicted octanol–water partition coefficient (Wildman–Crippen LogP) is 3.96. The molecule has 0 spiro atoms. The number of carbonyl (C=O) groups excluding carboxylic acids is 1. The molecule has 1 atom stereocenters. The van der Waals surface area contributed by atoms with Gasteiger partial charge in [-0.2, -0.15) is 5.26 Å². The van der Waals surface area contributed by atoms with Crippen molar-refractivity contribution >= 4 is 11.7 Å². The van der Waals surface area contributed by atoms with E-state index >= 15 is 0 Å². The third kappa shape index (κ3) is 4.85. The zero-order valence-electron chi connectivity index (χ0n) is 15.6. The minimum atomic E-state index is -0.646. The number of carbonyl (C=O) groups is 1. The first-order valence-corrected chi connectivity index (χ1v) is 8.75. The molecule has 1 unspecified atom stereocenters. The van der Waals surface area contributed by atoms with Gasteiger partial charge in [-0.3, -0.25) is 0 Å². The van der Waals surface area contributed by atoms with E-state index in [1.807, 2.05) is 53.2 Å². The number of fused-ring (bicyclic) bond motifs is 1. The molecule has 0 radical (unpaired) electrons. The van der Waals surface area contributed by atoms with Crippen molar-refractivity contribution in [3.05, 3.63) is 60.6 Å². The second-order valence-corrected chi connectivity index (χ2v) is 7.34. The summed E-state index contributed by atoms with van der Waals surface area (Å²) in [7, 11) is 0. The number of nitrogens with zero attached hydrogens (tertiary/aromatic N) is 3. The van der Waals surface area contributed by atoms with Crippen LogP contribution in [0, 0.1) is 11.3 Å². The molecule has 1 amide bonds. The zero-order chi connectivity index (χ0) is 19.4. The van der Waals surface area contributed by atoms with E-state index < -0.39 is 17.7 Å². The Morgan fingerprint density at radius 1 is 1.22 bits per heavy atom. The van der Waals surface area contributed by atoms with Crippen LogP contribution in [0.25, 0.3) is 16.8 Å². The average molecular weight is 362 g/mol. The summed E-state index contributed by atoms with van der Waals surface area (Å²) in [6.07, 6.45) is 5.47. The minimum absolute atomic E-state index is 0.412. The Morgan fingerprint density at radius 3 is 2.63 bits per heavy atom. The molecule has 0 bridgehead atoms. The van der Waals surface area contributed by atoms with Gasteiger partial charge in [0, 0.05) is 25.0 Å². The molecule has 6 heteroatoms. The quantitative estimate of drug-likeness (QED) is 0.762. The largest absolute Gasteiger partial charge is 0.444 e. The van der Waals surface area contributed by atoms with Crippen molar-refractivity contribution in [1.29, 1.82) is 5.26 Å². The molecule has 2 heterocycles. The summed E-state index contributed by atoms with van der Waals surface area (Å²) in [6, 6.07) is 13.5. The van der Waals surface area contributed by atoms with Gasteiger partial charge in [-0.25, -0.2) is 9.78 Å². The number of pyridine rings is 1. The van der Waals surface area contributed by atoms with Gasteiger partial charge < -0.3 is 14.5 Å². The summed E-state index contributed by atoms with van der Waals surface area (Å²) in [5, 5.41) is 11.9. The third-order valence-corrected chi connectivity index (χ3v) is 3.97. The molecular formula is C21H22N4O2. The van der Waals surface area contributed by atoms with Crippen LogP contribution < -0.4 is 5.32 Å². The SMILES string of the molecule is CC(C)(C)OC(=O)NC(C#N)Cc1ccc(-c2ccn3ccnc3c2)cc1. The van der Waals surface area contributed by atoms with Gasteiger partial charge >= 0.3 is 6.09 Å². The Bertz CT molecular complexity index is 978. The fourth-order valence-corrected chi connectivity index (χ4v) is 2.74. The van der Waals surface area contributed by atoms with Gasteiger partial charge in [0.1, 0.15) is 17.3 Å². The second kappa shape index (κ2) is 7.50. The van der Waals surface area contributed by atoms with E-state index in [4.69, 9.17) is 4.74 Å². The number of hydrogen-bond donors (Lipinski definition) is 1. The van der Waals surface area contributed by atoms with Gasteiger partial charge in [0.25, 0.3) is 0 Å². The number of rotatable bonds is 4. The summed E-state index contributed by atoms with van der Waals surface area (Å²) >= 11 is 0. The summed E-state index contributed by atoms with van der Waals surface area (Å²) in [5.41, 5.74) is 3.40. The van der Waals surface area contributed by atoms with Crippen molar-refractivity contribution in [2.45, 2.75) is 38.8 Å². The van der Waals surface area contributed by atoms with Crippen LogP contribution in [0.15, 0.2) is 55.0 Å². The normalized spacial score (nSPS) is 12.4. The van der Waals surface area contributed by atoms with Crippen molar-refractivity contribution in [3.63, 3.8) is 0 Å². The number of ether oxygens (including phenoxy) is 1. The summed E-state index contributed by atoms with van der Waals surface area (Å²) in [6.45, 7) is 5.36. The molecule has 1 N–H and O–H groups in total. The lowest BCUT2D eigenvalue weighted by atomic mass is 10.0. The Balaban J connectivity index is 1.67. The minimum Gasteiger partial charge on any atom is -0.444 e. The first-order valence-electron chi connectivity index (χ1n) is 8.75. The molecule has 3 aromatic rings. The van der Waals surface area contributed by atoms with Crippen LogP contribution in [0.3, 0.4) is 0 Å². The van der Waals surface area contributed by atoms with Crippen molar-refractivity contribution < 1.29 is 9.53 Å². The van der Waals surface area contributed by atoms with E-state index in [1.165, 1.54) is 0 Å². The van der Waals surface area contributed by atoms with Crippen LogP contribution >= 0.6 is 0 Å². The van der Waals surface area contributed by atoms with Crippen LogP contribution in [0.2, 0.25) is 0 Å². The molecule has 27 heavy (non-hydrogen) atoms.